The van der Waals surface area contributed by atoms with Gasteiger partial charge in [-0.2, -0.15) is 4.68 Å². The Bertz CT molecular complexity index is 982. The number of hydrogen-bond acceptors (Lipinski definition) is 8. The van der Waals surface area contributed by atoms with Gasteiger partial charge in [-0.15, -0.1) is 16.4 Å². The molecule has 0 bridgehead atoms. The van der Waals surface area contributed by atoms with Crippen molar-refractivity contribution in [3.8, 4) is 11.4 Å². The first-order valence-electron chi connectivity index (χ1n) is 8.19. The Kier molecular flexibility index (Phi) is 4.75. The summed E-state index contributed by atoms with van der Waals surface area (Å²) in [5, 5.41) is 13.6. The van der Waals surface area contributed by atoms with Gasteiger partial charge in [0.15, 0.2) is 11.5 Å². The fraction of sp³-hybridized carbons (Fsp3) is 0.167. The van der Waals surface area contributed by atoms with Crippen molar-refractivity contribution in [2.45, 2.75) is 12.5 Å². The first-order chi connectivity index (χ1) is 13.2. The number of carbonyl (C=O) groups is 2. The predicted octanol–water partition coefficient (Wildman–Crippen LogP) is 2.26. The molecule has 9 heteroatoms. The van der Waals surface area contributed by atoms with Crippen molar-refractivity contribution in [3.63, 3.8) is 0 Å². The van der Waals surface area contributed by atoms with Gasteiger partial charge >= 0.3 is 11.9 Å². The lowest BCUT2D eigenvalue weighted by molar-refractivity contribution is -0.156. The summed E-state index contributed by atoms with van der Waals surface area (Å²) in [6.45, 7) is 0.237. The number of ether oxygens (including phenoxy) is 2. The molecule has 1 aliphatic rings. The number of aromatic nitrogens is 4. The van der Waals surface area contributed by atoms with Gasteiger partial charge in [-0.3, -0.25) is 0 Å². The topological polar surface area (TPSA) is 96.2 Å². The van der Waals surface area contributed by atoms with Crippen LogP contribution in [0, 0.1) is 0 Å². The zero-order valence-electron chi connectivity index (χ0n) is 14.0. The molecule has 0 saturated carbocycles. The maximum atomic E-state index is 12.8. The van der Waals surface area contributed by atoms with Gasteiger partial charge in [-0.1, -0.05) is 36.4 Å². The summed E-state index contributed by atoms with van der Waals surface area (Å²) in [4.78, 5) is 25.3. The van der Waals surface area contributed by atoms with E-state index in [1.165, 1.54) is 16.0 Å². The molecule has 0 unspecified atom stereocenters. The maximum Gasteiger partial charge on any atom is 0.358 e. The van der Waals surface area contributed by atoms with Gasteiger partial charge in [-0.05, 0) is 27.9 Å². The molecule has 0 aliphatic carbocycles. The molecule has 3 aromatic rings. The highest BCUT2D eigenvalue weighted by Crippen LogP contribution is 2.24. The van der Waals surface area contributed by atoms with E-state index < -0.39 is 18.0 Å². The van der Waals surface area contributed by atoms with Gasteiger partial charge in [0.05, 0.1) is 6.61 Å². The highest BCUT2D eigenvalue weighted by Gasteiger charge is 2.32. The first-order valence-corrected chi connectivity index (χ1v) is 9.07. The molecule has 1 aliphatic heterocycles. The molecule has 0 radical (unpaired) electrons. The van der Waals surface area contributed by atoms with Gasteiger partial charge in [0.25, 0.3) is 0 Å². The molecule has 1 atom stereocenters. The number of carbonyl (C=O) groups excluding carboxylic acids is 2. The number of benzene rings is 1. The van der Waals surface area contributed by atoms with Crippen molar-refractivity contribution < 1.29 is 19.1 Å². The molecular weight excluding hydrogens is 368 g/mol. The van der Waals surface area contributed by atoms with E-state index >= 15 is 0 Å². The Morgan fingerprint density at radius 1 is 1.26 bits per heavy atom. The largest absolute Gasteiger partial charge is 0.463 e. The quantitative estimate of drug-likeness (QED) is 0.493. The van der Waals surface area contributed by atoms with E-state index in [1.807, 2.05) is 47.8 Å². The number of nitrogens with zero attached hydrogens (tertiary/aromatic N) is 4. The molecule has 3 heterocycles. The zero-order chi connectivity index (χ0) is 18.6. The van der Waals surface area contributed by atoms with Crippen LogP contribution in [-0.4, -0.2) is 44.9 Å². The summed E-state index contributed by atoms with van der Waals surface area (Å²) in [5.74, 6) is -0.847. The van der Waals surface area contributed by atoms with E-state index in [2.05, 4.69) is 15.5 Å². The molecule has 2 aromatic heterocycles. The molecule has 4 rings (SSSR count). The molecule has 0 spiro atoms. The monoisotopic (exact) mass is 382 g/mol. The van der Waals surface area contributed by atoms with Crippen LogP contribution in [0.2, 0.25) is 0 Å². The molecule has 136 valence electrons. The van der Waals surface area contributed by atoms with Gasteiger partial charge in [0.2, 0.25) is 6.10 Å². The van der Waals surface area contributed by atoms with Crippen molar-refractivity contribution in [1.29, 1.82) is 0 Å². The molecule has 0 amide bonds. The lowest BCUT2D eigenvalue weighted by Crippen LogP contribution is -2.25. The molecule has 27 heavy (non-hydrogen) atoms. The maximum absolute atomic E-state index is 12.8. The highest BCUT2D eigenvalue weighted by molar-refractivity contribution is 7.10. The third-order valence-corrected chi connectivity index (χ3v) is 4.72. The molecule has 0 N–H and O–H groups in total. The van der Waals surface area contributed by atoms with Crippen LogP contribution in [0.25, 0.3) is 23.2 Å². The zero-order valence-corrected chi connectivity index (χ0v) is 14.8. The molecule has 1 saturated heterocycles. The number of hydrogen-bond donors (Lipinski definition) is 0. The van der Waals surface area contributed by atoms with E-state index in [0.717, 1.165) is 10.4 Å². The number of esters is 2. The van der Waals surface area contributed by atoms with Crippen molar-refractivity contribution in [2.24, 2.45) is 0 Å². The predicted molar refractivity (Wildman–Crippen MR) is 97.2 cm³/mol. The normalized spacial score (nSPS) is 17.0. The number of tetrazole rings is 1. The Balaban J connectivity index is 1.73. The molecule has 1 fully saturated rings. The Hall–Kier alpha value is -3.33. The first kappa shape index (κ1) is 17.1. The van der Waals surface area contributed by atoms with Crippen molar-refractivity contribution in [1.82, 2.24) is 20.2 Å². The second-order valence-electron chi connectivity index (χ2n) is 5.68. The van der Waals surface area contributed by atoms with E-state index in [9.17, 15) is 9.59 Å². The van der Waals surface area contributed by atoms with Gasteiger partial charge < -0.3 is 9.47 Å². The van der Waals surface area contributed by atoms with Crippen LogP contribution in [0.15, 0.2) is 47.8 Å². The fourth-order valence-corrected chi connectivity index (χ4v) is 3.26. The minimum absolute atomic E-state index is 0.112. The second kappa shape index (κ2) is 7.50. The summed E-state index contributed by atoms with van der Waals surface area (Å²) >= 11 is 1.45. The van der Waals surface area contributed by atoms with E-state index in [-0.39, 0.29) is 12.3 Å². The van der Waals surface area contributed by atoms with Crippen LogP contribution >= 0.6 is 11.3 Å². The van der Waals surface area contributed by atoms with Crippen LogP contribution in [0.4, 0.5) is 0 Å². The SMILES string of the molecule is O=C(O[C@H]1CCOC1=O)/C(=C/c1cccs1)n1nnnc1-c1ccccc1. The standard InChI is InChI=1S/C18H14N4O4S/c23-17(26-15-8-9-25-18(15)24)14(11-13-7-4-10-27-13)22-16(19-20-21-22)12-5-2-1-3-6-12/h1-7,10-11,15H,8-9H2/b14-11-/t15-/m0/s1. The third kappa shape index (κ3) is 3.63. The number of thiophene rings is 1. The Morgan fingerprint density at radius 2 is 2.11 bits per heavy atom. The van der Waals surface area contributed by atoms with Crippen LogP contribution < -0.4 is 0 Å². The minimum atomic E-state index is -0.916. The summed E-state index contributed by atoms with van der Waals surface area (Å²) in [6, 6.07) is 13.0. The van der Waals surface area contributed by atoms with Crippen molar-refractivity contribution >= 4 is 35.0 Å². The van der Waals surface area contributed by atoms with Crippen LogP contribution in [0.5, 0.6) is 0 Å². The smallest absolute Gasteiger partial charge is 0.358 e. The third-order valence-electron chi connectivity index (χ3n) is 3.90. The van der Waals surface area contributed by atoms with Crippen molar-refractivity contribution in [3.05, 3.63) is 52.7 Å². The van der Waals surface area contributed by atoms with Gasteiger partial charge in [0.1, 0.15) is 0 Å². The summed E-state index contributed by atoms with van der Waals surface area (Å²) in [5.41, 5.74) is 0.855. The lowest BCUT2D eigenvalue weighted by atomic mass is 10.2. The average molecular weight is 382 g/mol. The van der Waals surface area contributed by atoms with Crippen LogP contribution in [0.3, 0.4) is 0 Å². The Labute approximate surface area is 158 Å². The lowest BCUT2D eigenvalue weighted by Gasteiger charge is -2.12. The molecule has 1 aromatic carbocycles. The second-order valence-corrected chi connectivity index (χ2v) is 6.65. The number of rotatable bonds is 5. The van der Waals surface area contributed by atoms with Crippen LogP contribution in [-0.2, 0) is 19.1 Å². The van der Waals surface area contributed by atoms with Gasteiger partial charge in [0, 0.05) is 16.9 Å². The molecular formula is C18H14N4O4S. The summed E-state index contributed by atoms with van der Waals surface area (Å²) < 4.78 is 11.5. The highest BCUT2D eigenvalue weighted by atomic mass is 32.1. The Morgan fingerprint density at radius 3 is 2.81 bits per heavy atom. The van der Waals surface area contributed by atoms with E-state index in [1.54, 1.807) is 6.08 Å². The van der Waals surface area contributed by atoms with E-state index in [4.69, 9.17) is 9.47 Å². The average Bonchev–Trinajstić information content (AvgIpc) is 3.43. The number of cyclic esters (lactones) is 1. The fourth-order valence-electron chi connectivity index (χ4n) is 2.61. The van der Waals surface area contributed by atoms with E-state index in [0.29, 0.717) is 12.2 Å². The minimum Gasteiger partial charge on any atom is -0.463 e. The molecule has 8 nitrogen and oxygen atoms in total. The van der Waals surface area contributed by atoms with Crippen LogP contribution in [0.1, 0.15) is 11.3 Å². The van der Waals surface area contributed by atoms with Gasteiger partial charge in [-0.25, -0.2) is 9.59 Å². The summed E-state index contributed by atoms with van der Waals surface area (Å²) in [7, 11) is 0. The summed E-state index contributed by atoms with van der Waals surface area (Å²) in [6.07, 6.45) is 1.05. The van der Waals surface area contributed by atoms with Crippen molar-refractivity contribution in [2.75, 3.05) is 6.61 Å².